The summed E-state index contributed by atoms with van der Waals surface area (Å²) in [7, 11) is 0. The van der Waals surface area contributed by atoms with Crippen LogP contribution in [0.3, 0.4) is 0 Å². The van der Waals surface area contributed by atoms with Crippen LogP contribution in [0.4, 0.5) is 0 Å². The van der Waals surface area contributed by atoms with Crippen LogP contribution in [0.2, 0.25) is 0 Å². The summed E-state index contributed by atoms with van der Waals surface area (Å²) in [6.07, 6.45) is 7.08. The Bertz CT molecular complexity index is 352. The number of nitrogens with zero attached hydrogens (tertiary/aromatic N) is 1. The van der Waals surface area contributed by atoms with E-state index in [0.29, 0.717) is 6.04 Å². The van der Waals surface area contributed by atoms with Crippen LogP contribution in [0, 0.1) is 5.92 Å². The van der Waals surface area contributed by atoms with Crippen molar-refractivity contribution in [1.82, 2.24) is 4.57 Å². The maximum Gasteiger partial charge on any atom is 0.0312 e. The van der Waals surface area contributed by atoms with E-state index in [1.807, 2.05) is 0 Å². The lowest BCUT2D eigenvalue weighted by Crippen LogP contribution is -2.19. The summed E-state index contributed by atoms with van der Waals surface area (Å²) in [5, 5.41) is 0. The lowest BCUT2D eigenvalue weighted by atomic mass is 9.93. The highest BCUT2D eigenvalue weighted by molar-refractivity contribution is 5.28. The van der Waals surface area contributed by atoms with Gasteiger partial charge in [0.1, 0.15) is 0 Å². The quantitative estimate of drug-likeness (QED) is 0.831. The second-order valence-corrected chi connectivity index (χ2v) is 5.60. The molecule has 2 unspecified atom stereocenters. The summed E-state index contributed by atoms with van der Waals surface area (Å²) in [5.74, 6) is 0.755. The molecule has 90 valence electrons. The van der Waals surface area contributed by atoms with Crippen molar-refractivity contribution in [2.75, 3.05) is 0 Å². The van der Waals surface area contributed by atoms with E-state index in [-0.39, 0.29) is 6.04 Å². The molecule has 0 bridgehead atoms. The van der Waals surface area contributed by atoms with Crippen LogP contribution in [0.1, 0.15) is 63.4 Å². The Kier molecular flexibility index (Phi) is 3.38. The molecule has 0 aromatic carbocycles. The van der Waals surface area contributed by atoms with Crippen LogP contribution in [0.5, 0.6) is 0 Å². The molecule has 1 heterocycles. The van der Waals surface area contributed by atoms with Gasteiger partial charge in [-0.3, -0.25) is 0 Å². The minimum atomic E-state index is 0.274. The molecule has 1 aromatic rings. The molecule has 1 aromatic heterocycles. The van der Waals surface area contributed by atoms with E-state index in [9.17, 15) is 0 Å². The van der Waals surface area contributed by atoms with E-state index in [1.165, 1.54) is 30.5 Å². The van der Waals surface area contributed by atoms with Crippen molar-refractivity contribution in [2.45, 2.75) is 58.5 Å². The maximum atomic E-state index is 6.15. The number of nitrogens with two attached hydrogens (primary N) is 1. The molecule has 2 atom stereocenters. The largest absolute Gasteiger partial charge is 0.348 e. The first kappa shape index (κ1) is 11.7. The Morgan fingerprint density at radius 1 is 1.44 bits per heavy atom. The molecule has 2 nitrogen and oxygen atoms in total. The van der Waals surface area contributed by atoms with Crippen LogP contribution in [0.25, 0.3) is 0 Å². The molecular formula is C14H24N2. The van der Waals surface area contributed by atoms with Gasteiger partial charge in [0, 0.05) is 24.0 Å². The summed E-state index contributed by atoms with van der Waals surface area (Å²) in [6, 6.07) is 3.11. The van der Waals surface area contributed by atoms with Gasteiger partial charge in [0.15, 0.2) is 0 Å². The minimum Gasteiger partial charge on any atom is -0.348 e. The van der Waals surface area contributed by atoms with Gasteiger partial charge in [-0.05, 0) is 50.2 Å². The fourth-order valence-electron chi connectivity index (χ4n) is 2.96. The molecule has 1 aliphatic carbocycles. The van der Waals surface area contributed by atoms with Gasteiger partial charge >= 0.3 is 0 Å². The summed E-state index contributed by atoms with van der Waals surface area (Å²) >= 11 is 0. The Labute approximate surface area is 98.8 Å². The molecule has 2 N–H and O–H groups in total. The van der Waals surface area contributed by atoms with Crippen LogP contribution >= 0.6 is 0 Å². The molecule has 0 saturated heterocycles. The van der Waals surface area contributed by atoms with E-state index in [2.05, 4.69) is 37.6 Å². The molecule has 16 heavy (non-hydrogen) atoms. The zero-order valence-corrected chi connectivity index (χ0v) is 10.7. The topological polar surface area (TPSA) is 30.9 Å². The zero-order chi connectivity index (χ0) is 11.7. The smallest absolute Gasteiger partial charge is 0.0312 e. The fraction of sp³-hybridized carbons (Fsp3) is 0.714. The van der Waals surface area contributed by atoms with Gasteiger partial charge in [0.2, 0.25) is 0 Å². The highest BCUT2D eigenvalue weighted by atomic mass is 15.0. The molecule has 0 amide bonds. The molecule has 0 aliphatic heterocycles. The van der Waals surface area contributed by atoms with Crippen molar-refractivity contribution < 1.29 is 0 Å². The fourth-order valence-corrected chi connectivity index (χ4v) is 2.96. The number of fused-ring (bicyclic) bond motifs is 1. The van der Waals surface area contributed by atoms with E-state index in [4.69, 9.17) is 5.73 Å². The SMILES string of the molecule is CC(C)CC(C)n1ccc2c1CCCC2N. The lowest BCUT2D eigenvalue weighted by molar-refractivity contribution is 0.411. The molecule has 1 aliphatic rings. The van der Waals surface area contributed by atoms with Crippen molar-refractivity contribution in [2.24, 2.45) is 11.7 Å². The third kappa shape index (κ3) is 2.17. The zero-order valence-electron chi connectivity index (χ0n) is 10.7. The van der Waals surface area contributed by atoms with E-state index in [0.717, 1.165) is 12.3 Å². The van der Waals surface area contributed by atoms with Crippen LogP contribution in [-0.4, -0.2) is 4.57 Å². The van der Waals surface area contributed by atoms with Gasteiger partial charge in [0.05, 0.1) is 0 Å². The summed E-state index contributed by atoms with van der Waals surface area (Å²) in [6.45, 7) is 6.90. The van der Waals surface area contributed by atoms with Crippen molar-refractivity contribution in [3.05, 3.63) is 23.5 Å². The van der Waals surface area contributed by atoms with Gasteiger partial charge in [-0.15, -0.1) is 0 Å². The molecule has 0 radical (unpaired) electrons. The highest BCUT2D eigenvalue weighted by Gasteiger charge is 2.21. The molecule has 0 fully saturated rings. The van der Waals surface area contributed by atoms with Gasteiger partial charge in [-0.25, -0.2) is 0 Å². The maximum absolute atomic E-state index is 6.15. The van der Waals surface area contributed by atoms with Crippen molar-refractivity contribution in [3.8, 4) is 0 Å². The first-order valence-corrected chi connectivity index (χ1v) is 6.54. The van der Waals surface area contributed by atoms with Gasteiger partial charge < -0.3 is 10.3 Å². The van der Waals surface area contributed by atoms with E-state index < -0.39 is 0 Å². The number of hydrogen-bond donors (Lipinski definition) is 1. The number of hydrogen-bond acceptors (Lipinski definition) is 1. The number of aromatic nitrogens is 1. The predicted molar refractivity (Wildman–Crippen MR) is 68.5 cm³/mol. The molecule has 0 spiro atoms. The standard InChI is InChI=1S/C14H24N2/c1-10(2)9-11(3)16-8-7-12-13(15)5-4-6-14(12)16/h7-8,10-11,13H,4-6,9,15H2,1-3H3. The normalized spacial score (nSPS) is 22.2. The van der Waals surface area contributed by atoms with E-state index in [1.54, 1.807) is 0 Å². The second kappa shape index (κ2) is 4.62. The number of rotatable bonds is 3. The molecule has 2 heteroatoms. The van der Waals surface area contributed by atoms with Crippen molar-refractivity contribution >= 4 is 0 Å². The second-order valence-electron chi connectivity index (χ2n) is 5.60. The molecular weight excluding hydrogens is 196 g/mol. The first-order chi connectivity index (χ1) is 7.59. The summed E-state index contributed by atoms with van der Waals surface area (Å²) in [5.41, 5.74) is 9.03. The monoisotopic (exact) mass is 220 g/mol. The lowest BCUT2D eigenvalue weighted by Gasteiger charge is -2.24. The Balaban J connectivity index is 2.22. The van der Waals surface area contributed by atoms with Crippen molar-refractivity contribution in [1.29, 1.82) is 0 Å². The highest BCUT2D eigenvalue weighted by Crippen LogP contribution is 2.31. The summed E-state index contributed by atoms with van der Waals surface area (Å²) in [4.78, 5) is 0. The van der Waals surface area contributed by atoms with Gasteiger partial charge in [0.25, 0.3) is 0 Å². The van der Waals surface area contributed by atoms with Gasteiger partial charge in [-0.1, -0.05) is 13.8 Å². The average Bonchev–Trinajstić information content (AvgIpc) is 2.61. The Morgan fingerprint density at radius 3 is 2.88 bits per heavy atom. The molecule has 2 rings (SSSR count). The van der Waals surface area contributed by atoms with Crippen LogP contribution in [-0.2, 0) is 6.42 Å². The first-order valence-electron chi connectivity index (χ1n) is 6.54. The Hall–Kier alpha value is -0.760. The van der Waals surface area contributed by atoms with Crippen molar-refractivity contribution in [3.63, 3.8) is 0 Å². The summed E-state index contributed by atoms with van der Waals surface area (Å²) < 4.78 is 2.45. The Morgan fingerprint density at radius 2 is 2.19 bits per heavy atom. The average molecular weight is 220 g/mol. The minimum absolute atomic E-state index is 0.274. The van der Waals surface area contributed by atoms with Crippen LogP contribution < -0.4 is 5.73 Å². The van der Waals surface area contributed by atoms with Gasteiger partial charge in [-0.2, -0.15) is 0 Å². The predicted octanol–water partition coefficient (Wildman–Crippen LogP) is 3.43. The van der Waals surface area contributed by atoms with Crippen LogP contribution in [0.15, 0.2) is 12.3 Å². The third-order valence-electron chi connectivity index (χ3n) is 3.68. The third-order valence-corrected chi connectivity index (χ3v) is 3.68. The van der Waals surface area contributed by atoms with E-state index >= 15 is 0 Å². The molecule has 0 saturated carbocycles.